The molecule has 2 saturated heterocycles. The van der Waals surface area contributed by atoms with Crippen LogP contribution in [0, 0.1) is 5.41 Å². The Labute approximate surface area is 222 Å². The molecule has 2 heterocycles. The number of nitrogens with one attached hydrogen (secondary N) is 2. The summed E-state index contributed by atoms with van der Waals surface area (Å²) >= 11 is 17.4. The molecule has 4 rings (SSSR count). The van der Waals surface area contributed by atoms with E-state index in [1.165, 1.54) is 6.92 Å². The van der Waals surface area contributed by atoms with Crippen LogP contribution in [-0.4, -0.2) is 58.8 Å². The lowest BCUT2D eigenvalue weighted by atomic mass is 9.95. The van der Waals surface area contributed by atoms with E-state index in [0.717, 1.165) is 5.56 Å². The second-order valence-electron chi connectivity index (χ2n) is 8.13. The van der Waals surface area contributed by atoms with Crippen LogP contribution in [0.25, 0.3) is 0 Å². The molecular formula is C24H23Cl3N2O7. The molecule has 0 bridgehead atoms. The number of carbonyl (C=O) groups is 2. The van der Waals surface area contributed by atoms with E-state index in [-0.39, 0.29) is 6.61 Å². The second-order valence-corrected chi connectivity index (χ2v) is 10.4. The minimum absolute atomic E-state index is 0.0391. The number of hydrogen-bond donors (Lipinski definition) is 2. The highest BCUT2D eigenvalue weighted by Crippen LogP contribution is 2.37. The average Bonchev–Trinajstić information content (AvgIpc) is 2.86. The predicted molar refractivity (Wildman–Crippen MR) is 131 cm³/mol. The molecule has 12 heteroatoms. The number of hydrogen-bond acceptors (Lipinski definition) is 8. The summed E-state index contributed by atoms with van der Waals surface area (Å²) in [6.45, 7) is 1.31. The van der Waals surface area contributed by atoms with Crippen LogP contribution in [0.3, 0.4) is 0 Å². The van der Waals surface area contributed by atoms with Crippen LogP contribution in [0.4, 0.5) is 0 Å². The molecule has 2 N–H and O–H groups in total. The van der Waals surface area contributed by atoms with E-state index in [0.29, 0.717) is 5.56 Å². The van der Waals surface area contributed by atoms with Crippen LogP contribution < -0.4 is 5.32 Å². The molecule has 0 radical (unpaired) electrons. The molecule has 2 aromatic rings. The van der Waals surface area contributed by atoms with E-state index < -0.39 is 58.5 Å². The van der Waals surface area contributed by atoms with Crippen LogP contribution in [0.15, 0.2) is 60.7 Å². The lowest BCUT2D eigenvalue weighted by Crippen LogP contribution is -2.68. The number of benzene rings is 2. The van der Waals surface area contributed by atoms with Gasteiger partial charge in [0.2, 0.25) is 18.1 Å². The standard InChI is InChI=1S/C24H23Cl3N2O7/c1-13(30)29-17-19(34-20(31)14-8-4-2-5-9-14)18-16(33-22(17)36-23(28)24(25,26)27)12-32-21(35-18)15-10-6-3-7-11-15/h2-11,16-19,21-22,28H,12H2,1H3,(H,29,30)/t16-,17-,18+,19-,21-,22-/m1/s1. The SMILES string of the molecule is CC(=O)N[C@H]1[C@@H](OC(=N)C(Cl)(Cl)Cl)O[C@@H]2CO[C@@H](c3ccccc3)O[C@@H]2[C@@H]1OC(=O)c1ccccc1. The van der Waals surface area contributed by atoms with Gasteiger partial charge in [-0.2, -0.15) is 0 Å². The third kappa shape index (κ3) is 6.29. The lowest BCUT2D eigenvalue weighted by Gasteiger charge is -2.48. The third-order valence-corrected chi connectivity index (χ3v) is 6.04. The second kappa shape index (κ2) is 11.3. The first-order chi connectivity index (χ1) is 17.1. The van der Waals surface area contributed by atoms with E-state index in [2.05, 4.69) is 5.32 Å². The van der Waals surface area contributed by atoms with Gasteiger partial charge in [-0.05, 0) is 12.1 Å². The maximum Gasteiger partial charge on any atom is 0.338 e. The highest BCUT2D eigenvalue weighted by atomic mass is 35.6. The van der Waals surface area contributed by atoms with Crippen LogP contribution in [0.2, 0.25) is 0 Å². The summed E-state index contributed by atoms with van der Waals surface area (Å²) in [6, 6.07) is 16.4. The molecule has 0 saturated carbocycles. The largest absolute Gasteiger partial charge is 0.453 e. The molecule has 2 aliphatic heterocycles. The number of amides is 1. The van der Waals surface area contributed by atoms with Crippen molar-refractivity contribution in [2.75, 3.05) is 6.61 Å². The first kappa shape index (κ1) is 26.7. The summed E-state index contributed by atoms with van der Waals surface area (Å²) in [5.41, 5.74) is 1.04. The highest BCUT2D eigenvalue weighted by molar-refractivity contribution is 6.76. The number of halogens is 3. The van der Waals surface area contributed by atoms with Crippen molar-refractivity contribution in [3.63, 3.8) is 0 Å². The fraction of sp³-hybridized carbons (Fsp3) is 0.375. The van der Waals surface area contributed by atoms with Gasteiger partial charge in [-0.3, -0.25) is 10.2 Å². The van der Waals surface area contributed by atoms with Crippen LogP contribution in [0.5, 0.6) is 0 Å². The van der Waals surface area contributed by atoms with E-state index >= 15 is 0 Å². The third-order valence-electron chi connectivity index (χ3n) is 5.52. The van der Waals surface area contributed by atoms with Gasteiger partial charge in [0.25, 0.3) is 3.79 Å². The number of rotatable bonds is 5. The molecule has 9 nitrogen and oxygen atoms in total. The van der Waals surface area contributed by atoms with E-state index in [9.17, 15) is 9.59 Å². The zero-order chi connectivity index (χ0) is 25.9. The molecule has 1 amide bonds. The zero-order valence-corrected chi connectivity index (χ0v) is 21.2. The first-order valence-corrected chi connectivity index (χ1v) is 12.1. The molecule has 0 aromatic heterocycles. The normalized spacial score (nSPS) is 27.9. The molecule has 2 fully saturated rings. The van der Waals surface area contributed by atoms with Crippen LogP contribution >= 0.6 is 34.8 Å². The molecule has 0 aliphatic carbocycles. The summed E-state index contributed by atoms with van der Waals surface area (Å²) in [5, 5.41) is 10.7. The number of ether oxygens (including phenoxy) is 5. The van der Waals surface area contributed by atoms with Gasteiger partial charge >= 0.3 is 5.97 Å². The molecule has 192 valence electrons. The maximum absolute atomic E-state index is 13.0. The highest BCUT2D eigenvalue weighted by Gasteiger charge is 2.54. The Kier molecular flexibility index (Phi) is 8.39. The quantitative estimate of drug-likeness (QED) is 0.248. The Morgan fingerprint density at radius 2 is 1.64 bits per heavy atom. The van der Waals surface area contributed by atoms with Crippen LogP contribution in [-0.2, 0) is 28.5 Å². The molecule has 6 atom stereocenters. The van der Waals surface area contributed by atoms with Gasteiger partial charge in [0.1, 0.15) is 18.2 Å². The van der Waals surface area contributed by atoms with Gasteiger partial charge in [-0.15, -0.1) is 0 Å². The Hall–Kier alpha value is -2.40. The van der Waals surface area contributed by atoms with E-state index in [1.54, 1.807) is 30.3 Å². The van der Waals surface area contributed by atoms with Gasteiger partial charge in [0.05, 0.1) is 12.2 Å². The van der Waals surface area contributed by atoms with E-state index in [4.69, 9.17) is 63.9 Å². The fourth-order valence-electron chi connectivity index (χ4n) is 3.93. The Bertz CT molecular complexity index is 1080. The fourth-order valence-corrected chi connectivity index (χ4v) is 4.06. The van der Waals surface area contributed by atoms with Gasteiger partial charge in [0.15, 0.2) is 12.4 Å². The Balaban J connectivity index is 1.67. The van der Waals surface area contributed by atoms with Crippen molar-refractivity contribution in [3.8, 4) is 0 Å². The van der Waals surface area contributed by atoms with Crippen molar-refractivity contribution >= 4 is 52.6 Å². The van der Waals surface area contributed by atoms with Gasteiger partial charge in [-0.25, -0.2) is 4.79 Å². The summed E-state index contributed by atoms with van der Waals surface area (Å²) in [6.07, 6.45) is -4.90. The van der Waals surface area contributed by atoms with Gasteiger partial charge < -0.3 is 29.0 Å². The molecule has 0 spiro atoms. The summed E-state index contributed by atoms with van der Waals surface area (Å²) in [7, 11) is 0. The molecular weight excluding hydrogens is 535 g/mol. The van der Waals surface area contributed by atoms with Crippen molar-refractivity contribution in [1.29, 1.82) is 5.41 Å². The minimum Gasteiger partial charge on any atom is -0.453 e. The monoisotopic (exact) mass is 556 g/mol. The predicted octanol–water partition coefficient (Wildman–Crippen LogP) is 3.92. The minimum atomic E-state index is -2.19. The zero-order valence-electron chi connectivity index (χ0n) is 18.9. The maximum atomic E-state index is 13.0. The van der Waals surface area contributed by atoms with Gasteiger partial charge in [0, 0.05) is 12.5 Å². The molecule has 0 unspecified atom stereocenters. The number of alkyl halides is 3. The number of fused-ring (bicyclic) bond motifs is 1. The average molecular weight is 558 g/mol. The van der Waals surface area contributed by atoms with Crippen molar-refractivity contribution in [3.05, 3.63) is 71.8 Å². The smallest absolute Gasteiger partial charge is 0.338 e. The Morgan fingerprint density at radius 1 is 1.00 bits per heavy atom. The van der Waals surface area contributed by atoms with E-state index in [1.807, 2.05) is 30.3 Å². The van der Waals surface area contributed by atoms with Crippen molar-refractivity contribution in [2.24, 2.45) is 0 Å². The van der Waals surface area contributed by atoms with Crippen molar-refractivity contribution in [2.45, 2.75) is 47.7 Å². The van der Waals surface area contributed by atoms with Crippen LogP contribution in [0.1, 0.15) is 29.1 Å². The van der Waals surface area contributed by atoms with Crippen molar-refractivity contribution in [1.82, 2.24) is 5.32 Å². The first-order valence-electron chi connectivity index (χ1n) is 11.0. The number of esters is 1. The van der Waals surface area contributed by atoms with Crippen molar-refractivity contribution < 1.29 is 33.3 Å². The summed E-state index contributed by atoms with van der Waals surface area (Å²) in [5.74, 6) is -1.86. The number of carbonyl (C=O) groups excluding carboxylic acids is 2. The topological polar surface area (TPSA) is 116 Å². The molecule has 36 heavy (non-hydrogen) atoms. The Morgan fingerprint density at radius 3 is 2.25 bits per heavy atom. The molecule has 2 aromatic carbocycles. The lowest BCUT2D eigenvalue weighted by molar-refractivity contribution is -0.334. The summed E-state index contributed by atoms with van der Waals surface area (Å²) < 4.78 is 27.2. The summed E-state index contributed by atoms with van der Waals surface area (Å²) in [4.78, 5) is 25.2. The molecule has 2 aliphatic rings. The van der Waals surface area contributed by atoms with Gasteiger partial charge in [-0.1, -0.05) is 83.3 Å².